The lowest BCUT2D eigenvalue weighted by Gasteiger charge is -2.16. The number of ether oxygens (including phenoxy) is 1. The molecule has 0 spiro atoms. The quantitative estimate of drug-likeness (QED) is 0.240. The summed E-state index contributed by atoms with van der Waals surface area (Å²) in [5.74, 6) is 1.04. The van der Waals surface area contributed by atoms with Crippen LogP contribution in [-0.4, -0.2) is 38.6 Å². The molecule has 30 heavy (non-hydrogen) atoms. The van der Waals surface area contributed by atoms with Crippen molar-refractivity contribution in [2.24, 2.45) is 10.9 Å². The fraction of sp³-hybridized carbons (Fsp3) is 0.391. The highest BCUT2D eigenvalue weighted by atomic mass is 127. The summed E-state index contributed by atoms with van der Waals surface area (Å²) < 4.78 is 5.77. The lowest BCUT2D eigenvalue weighted by molar-refractivity contribution is -0.121. The minimum absolute atomic E-state index is 0. The molecule has 0 aromatic heterocycles. The fourth-order valence-corrected chi connectivity index (χ4v) is 2.68. The van der Waals surface area contributed by atoms with E-state index in [1.807, 2.05) is 48.5 Å². The van der Waals surface area contributed by atoms with Crippen molar-refractivity contribution in [3.63, 3.8) is 0 Å². The van der Waals surface area contributed by atoms with Crippen LogP contribution in [0.4, 0.5) is 0 Å². The maximum Gasteiger partial charge on any atom is 0.222 e. The Balaban J connectivity index is 0.00000450. The van der Waals surface area contributed by atoms with Crippen molar-refractivity contribution in [2.75, 3.05) is 26.7 Å². The van der Waals surface area contributed by atoms with Crippen LogP contribution in [-0.2, 0) is 22.7 Å². The summed E-state index contributed by atoms with van der Waals surface area (Å²) in [5.41, 5.74) is 2.27. The molecular formula is C23H33IN4O2. The van der Waals surface area contributed by atoms with Crippen LogP contribution in [0, 0.1) is 5.92 Å². The van der Waals surface area contributed by atoms with Gasteiger partial charge in [0, 0.05) is 33.1 Å². The average molecular weight is 524 g/mol. The first-order valence-electron chi connectivity index (χ1n) is 10.0. The smallest absolute Gasteiger partial charge is 0.222 e. The van der Waals surface area contributed by atoms with E-state index in [9.17, 15) is 4.79 Å². The molecule has 0 bridgehead atoms. The monoisotopic (exact) mass is 524 g/mol. The van der Waals surface area contributed by atoms with Gasteiger partial charge in [-0.15, -0.1) is 24.0 Å². The maximum absolute atomic E-state index is 12.0. The van der Waals surface area contributed by atoms with Gasteiger partial charge in [0.15, 0.2) is 5.96 Å². The first-order chi connectivity index (χ1) is 14.2. The topological polar surface area (TPSA) is 74.8 Å². The maximum atomic E-state index is 12.0. The largest absolute Gasteiger partial charge is 0.376 e. The molecule has 6 nitrogen and oxygen atoms in total. The second-order valence-electron chi connectivity index (χ2n) is 7.00. The number of carbonyl (C=O) groups excluding carboxylic acids is 1. The summed E-state index contributed by atoms with van der Waals surface area (Å²) in [7, 11) is 1.72. The number of hydrogen-bond donors (Lipinski definition) is 3. The number of benzene rings is 2. The van der Waals surface area contributed by atoms with Crippen LogP contribution in [0.1, 0.15) is 24.5 Å². The van der Waals surface area contributed by atoms with Crippen molar-refractivity contribution in [1.82, 2.24) is 16.0 Å². The van der Waals surface area contributed by atoms with Crippen molar-refractivity contribution in [3.8, 4) is 0 Å². The second kappa shape index (κ2) is 15.7. The van der Waals surface area contributed by atoms with E-state index >= 15 is 0 Å². The Morgan fingerprint density at radius 2 is 1.60 bits per heavy atom. The first kappa shape index (κ1) is 25.9. The van der Waals surface area contributed by atoms with Gasteiger partial charge in [0.2, 0.25) is 5.91 Å². The van der Waals surface area contributed by atoms with Gasteiger partial charge in [0.05, 0.1) is 13.2 Å². The van der Waals surface area contributed by atoms with Gasteiger partial charge in [-0.3, -0.25) is 9.79 Å². The summed E-state index contributed by atoms with van der Waals surface area (Å²) in [6.07, 6.45) is 0.392. The molecule has 0 fully saturated rings. The van der Waals surface area contributed by atoms with E-state index in [0.29, 0.717) is 44.6 Å². The summed E-state index contributed by atoms with van der Waals surface area (Å²) in [6, 6.07) is 20.0. The van der Waals surface area contributed by atoms with Gasteiger partial charge in [-0.25, -0.2) is 0 Å². The SMILES string of the molecule is CN=C(NCCC(=O)NCc1ccccc1)NCC(C)COCc1ccccc1.I. The molecule has 0 aliphatic heterocycles. The van der Waals surface area contributed by atoms with Crippen LogP contribution >= 0.6 is 24.0 Å². The Hall–Kier alpha value is -2.13. The number of guanidine groups is 1. The standard InChI is InChI=1S/C23H32N4O2.HI/c1-19(17-29-18-21-11-7-4-8-12-21)15-27-23(24-2)25-14-13-22(28)26-16-20-9-5-3-6-10-20;/h3-12,19H,13-18H2,1-2H3,(H,26,28)(H2,24,25,27);1H. The number of nitrogens with one attached hydrogen (secondary N) is 3. The third kappa shape index (κ3) is 11.2. The molecule has 164 valence electrons. The van der Waals surface area contributed by atoms with Crippen LogP contribution < -0.4 is 16.0 Å². The highest BCUT2D eigenvalue weighted by Gasteiger charge is 2.06. The van der Waals surface area contributed by atoms with Gasteiger partial charge in [-0.05, 0) is 17.0 Å². The fourth-order valence-electron chi connectivity index (χ4n) is 2.68. The Morgan fingerprint density at radius 1 is 0.967 bits per heavy atom. The van der Waals surface area contributed by atoms with Gasteiger partial charge in [0.1, 0.15) is 0 Å². The molecule has 0 aliphatic rings. The third-order valence-corrected chi connectivity index (χ3v) is 4.33. The predicted octanol–water partition coefficient (Wildman–Crippen LogP) is 3.33. The zero-order chi connectivity index (χ0) is 20.7. The van der Waals surface area contributed by atoms with Gasteiger partial charge >= 0.3 is 0 Å². The summed E-state index contributed by atoms with van der Waals surface area (Å²) in [4.78, 5) is 16.2. The number of hydrogen-bond acceptors (Lipinski definition) is 3. The van der Waals surface area contributed by atoms with Crippen LogP contribution in [0.5, 0.6) is 0 Å². The first-order valence-corrected chi connectivity index (χ1v) is 10.0. The Bertz CT molecular complexity index is 741. The Kier molecular flexibility index (Phi) is 13.5. The third-order valence-electron chi connectivity index (χ3n) is 4.33. The van der Waals surface area contributed by atoms with Gasteiger partial charge in [0.25, 0.3) is 0 Å². The minimum atomic E-state index is 0. The molecule has 1 amide bonds. The van der Waals surface area contributed by atoms with E-state index in [0.717, 1.165) is 12.1 Å². The van der Waals surface area contributed by atoms with Crippen molar-refractivity contribution in [1.29, 1.82) is 0 Å². The summed E-state index contributed by atoms with van der Waals surface area (Å²) in [5, 5.41) is 9.37. The highest BCUT2D eigenvalue weighted by Crippen LogP contribution is 2.03. The summed E-state index contributed by atoms with van der Waals surface area (Å²) >= 11 is 0. The number of rotatable bonds is 11. The molecule has 2 aromatic carbocycles. The van der Waals surface area contributed by atoms with Gasteiger partial charge < -0.3 is 20.7 Å². The van der Waals surface area contributed by atoms with E-state index in [1.54, 1.807) is 7.05 Å². The average Bonchev–Trinajstić information content (AvgIpc) is 2.76. The zero-order valence-electron chi connectivity index (χ0n) is 17.8. The predicted molar refractivity (Wildman–Crippen MR) is 133 cm³/mol. The van der Waals surface area contributed by atoms with Crippen LogP contribution in [0.25, 0.3) is 0 Å². The number of aliphatic imine (C=N–C) groups is 1. The van der Waals surface area contributed by atoms with Crippen molar-refractivity contribution in [3.05, 3.63) is 71.8 Å². The number of halogens is 1. The van der Waals surface area contributed by atoms with E-state index in [-0.39, 0.29) is 29.9 Å². The number of nitrogens with zero attached hydrogens (tertiary/aromatic N) is 1. The normalized spacial score (nSPS) is 11.9. The molecule has 1 atom stereocenters. The number of carbonyl (C=O) groups is 1. The second-order valence-corrected chi connectivity index (χ2v) is 7.00. The molecule has 0 heterocycles. The van der Waals surface area contributed by atoms with E-state index in [1.165, 1.54) is 5.56 Å². The van der Waals surface area contributed by atoms with Crippen molar-refractivity contribution < 1.29 is 9.53 Å². The molecule has 0 saturated carbocycles. The Labute approximate surface area is 196 Å². The van der Waals surface area contributed by atoms with Crippen LogP contribution in [0.2, 0.25) is 0 Å². The molecule has 3 N–H and O–H groups in total. The lowest BCUT2D eigenvalue weighted by Crippen LogP contribution is -2.41. The number of amides is 1. The van der Waals surface area contributed by atoms with Gasteiger partial charge in [-0.1, -0.05) is 67.6 Å². The summed E-state index contributed by atoms with van der Waals surface area (Å²) in [6.45, 7) is 5.24. The van der Waals surface area contributed by atoms with Crippen molar-refractivity contribution in [2.45, 2.75) is 26.5 Å². The molecule has 7 heteroatoms. The van der Waals surface area contributed by atoms with Crippen LogP contribution in [0.15, 0.2) is 65.7 Å². The van der Waals surface area contributed by atoms with E-state index in [2.05, 4.69) is 40.0 Å². The molecule has 1 unspecified atom stereocenters. The highest BCUT2D eigenvalue weighted by molar-refractivity contribution is 14.0. The van der Waals surface area contributed by atoms with E-state index in [4.69, 9.17) is 4.74 Å². The van der Waals surface area contributed by atoms with Gasteiger partial charge in [-0.2, -0.15) is 0 Å². The molecular weight excluding hydrogens is 491 g/mol. The molecule has 0 saturated heterocycles. The molecule has 0 radical (unpaired) electrons. The lowest BCUT2D eigenvalue weighted by atomic mass is 10.2. The molecule has 0 aliphatic carbocycles. The van der Waals surface area contributed by atoms with Crippen molar-refractivity contribution >= 4 is 35.8 Å². The minimum Gasteiger partial charge on any atom is -0.376 e. The zero-order valence-corrected chi connectivity index (χ0v) is 20.1. The van der Waals surface area contributed by atoms with E-state index < -0.39 is 0 Å². The Morgan fingerprint density at radius 3 is 2.23 bits per heavy atom. The molecule has 2 rings (SSSR count). The molecule has 2 aromatic rings. The van der Waals surface area contributed by atoms with Crippen LogP contribution in [0.3, 0.4) is 0 Å².